The van der Waals surface area contributed by atoms with Crippen molar-refractivity contribution in [2.75, 3.05) is 12.5 Å². The first-order chi connectivity index (χ1) is 2.80. The van der Waals surface area contributed by atoms with Crippen molar-refractivity contribution < 1.29 is 0 Å². The Balaban J connectivity index is 2.13. The summed E-state index contributed by atoms with van der Waals surface area (Å²) in [6.45, 7) is 0. The molecule has 1 fully saturated rings. The highest BCUT2D eigenvalue weighted by molar-refractivity contribution is 8.16. The molecule has 0 amide bonds. The molecule has 1 rings (SSSR count). The monoisotopic (exact) mass is 104 g/mol. The first-order valence-corrected chi connectivity index (χ1v) is 4.77. The molecule has 0 aliphatic heterocycles. The lowest BCUT2D eigenvalue weighted by atomic mass is 11.0. The van der Waals surface area contributed by atoms with Crippen molar-refractivity contribution in [3.05, 3.63) is 0 Å². The Kier molecular flexibility index (Phi) is 1.09. The van der Waals surface area contributed by atoms with Crippen molar-refractivity contribution in [1.82, 2.24) is 0 Å². The van der Waals surface area contributed by atoms with Gasteiger partial charge in [0.2, 0.25) is 0 Å². The van der Waals surface area contributed by atoms with E-state index in [9.17, 15) is 0 Å². The van der Waals surface area contributed by atoms with Gasteiger partial charge in [0.15, 0.2) is 0 Å². The largest absolute Gasteiger partial charge is 0.256 e. The molecule has 0 N–H and O–H groups in total. The Morgan fingerprint density at radius 3 is 1.83 bits per heavy atom. The molecule has 0 radical (unpaired) electrons. The third-order valence-electron chi connectivity index (χ3n) is 1.28. The molecule has 6 heavy (non-hydrogen) atoms. The van der Waals surface area contributed by atoms with Crippen LogP contribution in [0.15, 0.2) is 0 Å². The Labute approximate surface area is 42.3 Å². The molecular formula is C5H12S. The molecule has 1 aliphatic carbocycles. The summed E-state index contributed by atoms with van der Waals surface area (Å²) in [7, 11) is 0.452. The van der Waals surface area contributed by atoms with Gasteiger partial charge in [0.05, 0.1) is 0 Å². The molecule has 0 aromatic rings. The van der Waals surface area contributed by atoms with E-state index in [1.807, 2.05) is 0 Å². The average Bonchev–Trinajstić information content (AvgIpc) is 2.06. The summed E-state index contributed by atoms with van der Waals surface area (Å²) in [6.07, 6.45) is 7.79. The molecule has 38 valence electrons. The highest BCUT2D eigenvalue weighted by Crippen LogP contribution is 2.40. The first kappa shape index (κ1) is 4.51. The third-order valence-corrected chi connectivity index (χ3v) is 3.25. The summed E-state index contributed by atoms with van der Waals surface area (Å²) in [5.74, 6) is 0. The molecule has 0 spiro atoms. The fourth-order valence-corrected chi connectivity index (χ4v) is 1.77. The number of hydrogen-bond donors (Lipinski definition) is 1. The van der Waals surface area contributed by atoms with E-state index in [4.69, 9.17) is 0 Å². The van der Waals surface area contributed by atoms with E-state index in [1.165, 1.54) is 18.1 Å². The Morgan fingerprint density at radius 2 is 1.83 bits per heavy atom. The molecule has 0 aromatic heterocycles. The Hall–Kier alpha value is 0.350. The van der Waals surface area contributed by atoms with Crippen molar-refractivity contribution in [3.63, 3.8) is 0 Å². The normalized spacial score (nSPS) is 24.0. The van der Waals surface area contributed by atoms with Gasteiger partial charge in [0.1, 0.15) is 0 Å². The smallest absolute Gasteiger partial charge is 0.0141 e. The summed E-state index contributed by atoms with van der Waals surface area (Å²) in [5.41, 5.74) is 0. The topological polar surface area (TPSA) is 0 Å². The summed E-state index contributed by atoms with van der Waals surface area (Å²) >= 11 is 0. The van der Waals surface area contributed by atoms with Gasteiger partial charge in [-0.15, -0.1) is 0 Å². The van der Waals surface area contributed by atoms with Gasteiger partial charge in [-0.1, -0.05) is 0 Å². The van der Waals surface area contributed by atoms with Gasteiger partial charge >= 0.3 is 0 Å². The van der Waals surface area contributed by atoms with Crippen LogP contribution >= 0.6 is 10.9 Å². The average molecular weight is 104 g/mol. The first-order valence-electron chi connectivity index (χ1n) is 2.47. The maximum atomic E-state index is 2.37. The number of hydrogen-bond acceptors (Lipinski definition) is 0. The van der Waals surface area contributed by atoms with Crippen LogP contribution in [0.3, 0.4) is 0 Å². The van der Waals surface area contributed by atoms with Crippen LogP contribution < -0.4 is 0 Å². The standard InChI is InChI=1S/C5H12S/c1-6(2)5-3-4-5/h5-6H,3-4H2,1-2H3. The van der Waals surface area contributed by atoms with Gasteiger partial charge in [-0.05, 0) is 30.6 Å². The summed E-state index contributed by atoms with van der Waals surface area (Å²) in [4.78, 5) is 0. The van der Waals surface area contributed by atoms with Crippen LogP contribution in [0.5, 0.6) is 0 Å². The maximum absolute atomic E-state index is 2.37. The summed E-state index contributed by atoms with van der Waals surface area (Å²) in [6, 6.07) is 0. The lowest BCUT2D eigenvalue weighted by Gasteiger charge is -2.02. The lowest BCUT2D eigenvalue weighted by Crippen LogP contribution is -1.77. The van der Waals surface area contributed by atoms with E-state index >= 15 is 0 Å². The van der Waals surface area contributed by atoms with Crippen molar-refractivity contribution in [3.8, 4) is 0 Å². The third kappa shape index (κ3) is 0.904. The Morgan fingerprint density at radius 1 is 1.33 bits per heavy atom. The molecule has 0 heterocycles. The molecule has 1 aliphatic rings. The van der Waals surface area contributed by atoms with Crippen molar-refractivity contribution in [2.24, 2.45) is 0 Å². The molecule has 0 aromatic carbocycles. The van der Waals surface area contributed by atoms with E-state index in [0.29, 0.717) is 10.9 Å². The van der Waals surface area contributed by atoms with Crippen LogP contribution in [0.4, 0.5) is 0 Å². The van der Waals surface area contributed by atoms with Gasteiger partial charge in [-0.3, -0.25) is 10.9 Å². The fraction of sp³-hybridized carbons (Fsp3) is 1.00. The maximum Gasteiger partial charge on any atom is -0.0141 e. The zero-order valence-electron chi connectivity index (χ0n) is 4.44. The van der Waals surface area contributed by atoms with Gasteiger partial charge in [-0.25, -0.2) is 0 Å². The van der Waals surface area contributed by atoms with Crippen LogP contribution in [-0.2, 0) is 0 Å². The SMILES string of the molecule is C[SH](C)C1CC1. The zero-order valence-corrected chi connectivity index (χ0v) is 5.33. The predicted octanol–water partition coefficient (Wildman–Crippen LogP) is 1.41. The summed E-state index contributed by atoms with van der Waals surface area (Å²) in [5, 5.41) is 1.17. The van der Waals surface area contributed by atoms with Gasteiger partial charge < -0.3 is 0 Å². The second-order valence-corrected chi connectivity index (χ2v) is 4.85. The van der Waals surface area contributed by atoms with Crippen LogP contribution in [0.1, 0.15) is 12.8 Å². The molecule has 0 nitrogen and oxygen atoms in total. The molecule has 0 unspecified atom stereocenters. The van der Waals surface area contributed by atoms with Crippen molar-refractivity contribution in [2.45, 2.75) is 18.1 Å². The van der Waals surface area contributed by atoms with E-state index in [0.717, 1.165) is 0 Å². The molecule has 0 saturated heterocycles. The quantitative estimate of drug-likeness (QED) is 0.478. The van der Waals surface area contributed by atoms with Crippen molar-refractivity contribution in [1.29, 1.82) is 0 Å². The zero-order chi connectivity index (χ0) is 4.57. The second kappa shape index (κ2) is 1.45. The van der Waals surface area contributed by atoms with Crippen LogP contribution in [0.2, 0.25) is 0 Å². The highest BCUT2D eigenvalue weighted by atomic mass is 32.2. The number of thiol groups is 1. The molecule has 1 saturated carbocycles. The highest BCUT2D eigenvalue weighted by Gasteiger charge is 2.21. The molecular weight excluding hydrogens is 92.1 g/mol. The van der Waals surface area contributed by atoms with Gasteiger partial charge in [0.25, 0.3) is 0 Å². The molecule has 1 heteroatoms. The van der Waals surface area contributed by atoms with E-state index in [2.05, 4.69) is 12.5 Å². The van der Waals surface area contributed by atoms with Crippen LogP contribution in [0.25, 0.3) is 0 Å². The minimum Gasteiger partial charge on any atom is -0.256 e. The summed E-state index contributed by atoms with van der Waals surface area (Å²) < 4.78 is 0. The van der Waals surface area contributed by atoms with E-state index < -0.39 is 0 Å². The minimum atomic E-state index is 0.452. The predicted molar refractivity (Wildman–Crippen MR) is 33.9 cm³/mol. The second-order valence-electron chi connectivity index (χ2n) is 2.19. The lowest BCUT2D eigenvalue weighted by molar-refractivity contribution is 1.50. The van der Waals surface area contributed by atoms with Gasteiger partial charge in [-0.2, -0.15) is 0 Å². The number of rotatable bonds is 1. The van der Waals surface area contributed by atoms with Crippen LogP contribution in [-0.4, -0.2) is 17.8 Å². The van der Waals surface area contributed by atoms with Gasteiger partial charge in [0, 0.05) is 0 Å². The van der Waals surface area contributed by atoms with Crippen LogP contribution in [0, 0.1) is 0 Å². The fourth-order valence-electron chi connectivity index (χ4n) is 0.591. The van der Waals surface area contributed by atoms with E-state index in [-0.39, 0.29) is 0 Å². The minimum absolute atomic E-state index is 0.452. The molecule has 0 atom stereocenters. The molecule has 0 bridgehead atoms. The van der Waals surface area contributed by atoms with Crippen molar-refractivity contribution >= 4 is 10.9 Å². The Bertz CT molecular complexity index is 45.9. The van der Waals surface area contributed by atoms with E-state index in [1.54, 1.807) is 0 Å².